The molecule has 0 aliphatic rings. The molecule has 0 bridgehead atoms. The van der Waals surface area contributed by atoms with Crippen molar-refractivity contribution in [2.75, 3.05) is 26.2 Å². The fourth-order valence-electron chi connectivity index (χ4n) is 1.43. The van der Waals surface area contributed by atoms with E-state index >= 15 is 0 Å². The number of aliphatic carboxylic acids is 1. The van der Waals surface area contributed by atoms with Crippen LogP contribution in [0.3, 0.4) is 0 Å². The summed E-state index contributed by atoms with van der Waals surface area (Å²) in [7, 11) is 0. The predicted molar refractivity (Wildman–Crippen MR) is 82.9 cm³/mol. The minimum Gasteiger partial charge on any atom is -0.481 e. The van der Waals surface area contributed by atoms with Crippen molar-refractivity contribution in [3.63, 3.8) is 0 Å². The van der Waals surface area contributed by atoms with Gasteiger partial charge in [-0.25, -0.2) is 9.59 Å². The number of rotatable bonds is 8. The summed E-state index contributed by atoms with van der Waals surface area (Å²) in [5.74, 6) is -1.26. The normalized spacial score (nSPS) is 13.4. The number of carboxylic acids is 1. The van der Waals surface area contributed by atoms with Gasteiger partial charge in [-0.15, -0.1) is 0 Å². The molecular weight excluding hydrogens is 306 g/mol. The Morgan fingerprint density at radius 2 is 1.70 bits per heavy atom. The third-order valence-corrected chi connectivity index (χ3v) is 2.72. The van der Waals surface area contributed by atoms with E-state index in [4.69, 9.17) is 10.5 Å². The largest absolute Gasteiger partial charge is 0.481 e. The van der Waals surface area contributed by atoms with Crippen LogP contribution >= 0.6 is 0 Å². The van der Waals surface area contributed by atoms with Gasteiger partial charge < -0.3 is 30.9 Å². The van der Waals surface area contributed by atoms with E-state index in [-0.39, 0.29) is 26.2 Å². The summed E-state index contributed by atoms with van der Waals surface area (Å²) < 4.78 is 9.72. The van der Waals surface area contributed by atoms with Gasteiger partial charge in [0.15, 0.2) is 0 Å². The van der Waals surface area contributed by atoms with E-state index in [9.17, 15) is 19.5 Å². The van der Waals surface area contributed by atoms with Crippen LogP contribution in [0, 0.1) is 5.41 Å². The van der Waals surface area contributed by atoms with Gasteiger partial charge >= 0.3 is 18.2 Å². The molecule has 0 aromatic rings. The van der Waals surface area contributed by atoms with Gasteiger partial charge in [0.1, 0.15) is 17.6 Å². The highest BCUT2D eigenvalue weighted by Gasteiger charge is 2.38. The molecule has 23 heavy (non-hydrogen) atoms. The molecule has 5 N–H and O–H groups in total. The van der Waals surface area contributed by atoms with E-state index in [1.807, 2.05) is 0 Å². The van der Waals surface area contributed by atoms with Crippen molar-refractivity contribution in [2.45, 2.75) is 26.4 Å². The van der Waals surface area contributed by atoms with Crippen LogP contribution in [0.5, 0.6) is 0 Å². The lowest BCUT2D eigenvalue weighted by Crippen LogP contribution is -2.54. The van der Waals surface area contributed by atoms with Crippen molar-refractivity contribution < 1.29 is 29.0 Å². The molecule has 132 valence electrons. The zero-order valence-electron chi connectivity index (χ0n) is 13.7. The minimum atomic E-state index is -1.58. The molecular formula is C14H25N3O6. The molecule has 0 rings (SSSR count). The fourth-order valence-corrected chi connectivity index (χ4v) is 1.43. The van der Waals surface area contributed by atoms with Crippen molar-refractivity contribution in [2.24, 2.45) is 11.1 Å². The van der Waals surface area contributed by atoms with Gasteiger partial charge in [-0.3, -0.25) is 4.79 Å². The average molecular weight is 331 g/mol. The number of alkyl carbamates (subject to hydrolysis) is 2. The van der Waals surface area contributed by atoms with Crippen LogP contribution in [0.25, 0.3) is 0 Å². The molecule has 0 heterocycles. The number of hydrogen-bond donors (Lipinski definition) is 4. The zero-order valence-corrected chi connectivity index (χ0v) is 13.7. The molecule has 0 spiro atoms. The van der Waals surface area contributed by atoms with Crippen molar-refractivity contribution in [3.05, 3.63) is 12.7 Å². The number of carboxylic acid groups (broad SMARTS) is 1. The highest BCUT2D eigenvalue weighted by atomic mass is 16.6. The number of hydrogen-bond acceptors (Lipinski definition) is 6. The first-order chi connectivity index (χ1) is 10.6. The van der Waals surface area contributed by atoms with Gasteiger partial charge in [0.2, 0.25) is 0 Å². The predicted octanol–water partition coefficient (Wildman–Crippen LogP) is 0.453. The first kappa shape index (κ1) is 20.7. The maximum Gasteiger partial charge on any atom is 0.407 e. The number of carbonyl (C=O) groups is 3. The van der Waals surface area contributed by atoms with Crippen molar-refractivity contribution in [3.8, 4) is 0 Å². The van der Waals surface area contributed by atoms with E-state index in [2.05, 4.69) is 21.9 Å². The summed E-state index contributed by atoms with van der Waals surface area (Å²) in [6.45, 7) is 7.48. The molecule has 0 radical (unpaired) electrons. The molecule has 0 fully saturated rings. The minimum absolute atomic E-state index is 0.00924. The average Bonchev–Trinajstić information content (AvgIpc) is 2.43. The second-order valence-corrected chi connectivity index (χ2v) is 5.89. The van der Waals surface area contributed by atoms with Crippen LogP contribution in [0.4, 0.5) is 9.59 Å². The SMILES string of the molecule is C=CCOC(=O)NCC(CN)(CNC(=O)OC(C)(C)C)C(=O)O. The Balaban J connectivity index is 4.72. The Hall–Kier alpha value is -2.29. The van der Waals surface area contributed by atoms with E-state index in [1.165, 1.54) is 6.08 Å². The first-order valence-corrected chi connectivity index (χ1v) is 6.98. The topological polar surface area (TPSA) is 140 Å². The molecule has 0 aliphatic carbocycles. The molecule has 9 heteroatoms. The molecule has 1 atom stereocenters. The lowest BCUT2D eigenvalue weighted by molar-refractivity contribution is -0.147. The van der Waals surface area contributed by atoms with Crippen LogP contribution < -0.4 is 16.4 Å². The Morgan fingerprint density at radius 3 is 2.09 bits per heavy atom. The third-order valence-electron chi connectivity index (χ3n) is 2.72. The lowest BCUT2D eigenvalue weighted by Gasteiger charge is -2.29. The summed E-state index contributed by atoms with van der Waals surface area (Å²) >= 11 is 0. The zero-order chi connectivity index (χ0) is 18.1. The van der Waals surface area contributed by atoms with E-state index < -0.39 is 29.2 Å². The molecule has 0 saturated carbocycles. The van der Waals surface area contributed by atoms with Crippen LogP contribution in [0.2, 0.25) is 0 Å². The van der Waals surface area contributed by atoms with Crippen molar-refractivity contribution in [1.29, 1.82) is 0 Å². The molecule has 0 aromatic heterocycles. The molecule has 0 saturated heterocycles. The molecule has 0 aromatic carbocycles. The van der Waals surface area contributed by atoms with Gasteiger partial charge in [0.05, 0.1) is 0 Å². The quantitative estimate of drug-likeness (QED) is 0.473. The summed E-state index contributed by atoms with van der Waals surface area (Å²) in [5, 5.41) is 14.0. The fraction of sp³-hybridized carbons (Fsp3) is 0.643. The second-order valence-electron chi connectivity index (χ2n) is 5.89. The Bertz CT molecular complexity index is 446. The van der Waals surface area contributed by atoms with Gasteiger partial charge in [-0.1, -0.05) is 12.7 Å². The Kier molecular flexibility index (Phi) is 8.09. The van der Waals surface area contributed by atoms with Gasteiger partial charge in [-0.2, -0.15) is 0 Å². The smallest absolute Gasteiger partial charge is 0.407 e. The molecule has 9 nitrogen and oxygen atoms in total. The van der Waals surface area contributed by atoms with Crippen LogP contribution in [0.1, 0.15) is 20.8 Å². The van der Waals surface area contributed by atoms with Crippen molar-refractivity contribution >= 4 is 18.2 Å². The Labute approximate surface area is 135 Å². The van der Waals surface area contributed by atoms with E-state index in [0.29, 0.717) is 0 Å². The summed E-state index contributed by atoms with van der Waals surface area (Å²) in [4.78, 5) is 34.5. The van der Waals surface area contributed by atoms with Gasteiger partial charge in [-0.05, 0) is 20.8 Å². The Morgan fingerprint density at radius 1 is 1.17 bits per heavy atom. The number of nitrogens with one attached hydrogen (secondary N) is 2. The second kappa shape index (κ2) is 8.99. The first-order valence-electron chi connectivity index (χ1n) is 6.98. The van der Waals surface area contributed by atoms with Crippen LogP contribution in [-0.2, 0) is 14.3 Å². The molecule has 0 aliphatic heterocycles. The summed E-state index contributed by atoms with van der Waals surface area (Å²) in [6.07, 6.45) is -0.205. The van der Waals surface area contributed by atoms with Crippen molar-refractivity contribution in [1.82, 2.24) is 10.6 Å². The number of nitrogens with two attached hydrogens (primary N) is 1. The summed E-state index contributed by atoms with van der Waals surface area (Å²) in [5.41, 5.74) is 3.23. The lowest BCUT2D eigenvalue weighted by atomic mass is 9.88. The number of carbonyl (C=O) groups excluding carboxylic acids is 2. The standard InChI is InChI=1S/C14H25N3O6/c1-5-6-22-11(20)16-8-14(7-15,10(18)19)9-17-12(21)23-13(2,3)4/h5H,1,6-9,15H2,2-4H3,(H,16,20)(H,17,21)(H,18,19). The monoisotopic (exact) mass is 331 g/mol. The maximum atomic E-state index is 11.6. The van der Waals surface area contributed by atoms with E-state index in [0.717, 1.165) is 0 Å². The summed E-state index contributed by atoms with van der Waals surface area (Å²) in [6, 6.07) is 0. The highest BCUT2D eigenvalue weighted by Crippen LogP contribution is 2.15. The molecule has 1 unspecified atom stereocenters. The number of amides is 2. The van der Waals surface area contributed by atoms with Gasteiger partial charge in [0.25, 0.3) is 0 Å². The van der Waals surface area contributed by atoms with Gasteiger partial charge in [0, 0.05) is 19.6 Å². The highest BCUT2D eigenvalue weighted by molar-refractivity contribution is 5.78. The van der Waals surface area contributed by atoms with Crippen LogP contribution in [-0.4, -0.2) is 55.1 Å². The number of ether oxygens (including phenoxy) is 2. The third kappa shape index (κ3) is 8.05. The maximum absolute atomic E-state index is 11.6. The van der Waals surface area contributed by atoms with E-state index in [1.54, 1.807) is 20.8 Å². The molecule has 2 amide bonds. The van der Waals surface area contributed by atoms with Crippen LogP contribution in [0.15, 0.2) is 12.7 Å².